The number of hydrogen-bond donors (Lipinski definition) is 0. The summed E-state index contributed by atoms with van der Waals surface area (Å²) in [5, 5.41) is 0. The van der Waals surface area contributed by atoms with Crippen LogP contribution in [0.1, 0.15) is 92.4 Å². The molecule has 0 amide bonds. The lowest BCUT2D eigenvalue weighted by atomic mass is 9.93. The first-order valence-electron chi connectivity index (χ1n) is 7.35. The van der Waals surface area contributed by atoms with Crippen molar-refractivity contribution in [1.82, 2.24) is 0 Å². The topological polar surface area (TPSA) is 0 Å². The van der Waals surface area contributed by atoms with Crippen molar-refractivity contribution >= 4 is 0 Å². The van der Waals surface area contributed by atoms with Crippen molar-refractivity contribution in [3.05, 3.63) is 0 Å². The Labute approximate surface area is 98.9 Å². The summed E-state index contributed by atoms with van der Waals surface area (Å²) < 4.78 is 0. The van der Waals surface area contributed by atoms with Crippen molar-refractivity contribution in [3.63, 3.8) is 0 Å². The van der Waals surface area contributed by atoms with Gasteiger partial charge in [-0.1, -0.05) is 92.4 Å². The smallest absolute Gasteiger partial charge is 0.0417 e. The fraction of sp³-hybridized carbons (Fsp3) is 1.00. The minimum Gasteiger partial charge on any atom is -0.0683 e. The highest BCUT2D eigenvalue weighted by Gasteiger charge is 2.04. The lowest BCUT2D eigenvalue weighted by Crippen LogP contribution is -1.98. The number of unbranched alkanes of at least 4 members (excludes halogenated alkanes) is 4. The summed E-state index contributed by atoms with van der Waals surface area (Å²) >= 11 is 0. The van der Waals surface area contributed by atoms with Gasteiger partial charge in [0.15, 0.2) is 0 Å². The van der Waals surface area contributed by atoms with Crippen LogP contribution in [0.5, 0.6) is 0 Å². The highest BCUT2D eigenvalue weighted by molar-refractivity contribution is 4.57. The van der Waals surface area contributed by atoms with Crippen LogP contribution >= 0.6 is 0 Å². The third kappa shape index (κ3) is 14.0. The molecule has 0 heterocycles. The maximum absolute atomic E-state index is 2.35. The van der Waals surface area contributed by atoms with E-state index < -0.39 is 0 Å². The molecule has 0 fully saturated rings. The van der Waals surface area contributed by atoms with Gasteiger partial charge < -0.3 is 0 Å². The average molecular weight is 214 g/mol. The van der Waals surface area contributed by atoms with Crippen molar-refractivity contribution in [1.29, 1.82) is 0 Å². The van der Waals surface area contributed by atoms with Crippen LogP contribution in [0.25, 0.3) is 0 Å². The normalized spacial score (nSPS) is 10.0. The van der Waals surface area contributed by atoms with Crippen LogP contribution in [-0.4, -0.2) is 0 Å². The fourth-order valence-electron chi connectivity index (χ4n) is 1.92. The zero-order chi connectivity index (χ0) is 11.9. The van der Waals surface area contributed by atoms with Gasteiger partial charge >= 0.3 is 0 Å². The van der Waals surface area contributed by atoms with E-state index in [4.69, 9.17) is 0 Å². The maximum atomic E-state index is 2.35. The molecule has 0 bridgehead atoms. The molecule has 0 spiro atoms. The summed E-state index contributed by atoms with van der Waals surface area (Å²) in [6.07, 6.45) is 12.9. The van der Waals surface area contributed by atoms with E-state index in [-0.39, 0.29) is 0 Å². The molecular weight excluding hydrogens is 180 g/mol. The van der Waals surface area contributed by atoms with Gasteiger partial charge in [0.25, 0.3) is 0 Å². The van der Waals surface area contributed by atoms with E-state index in [2.05, 4.69) is 20.8 Å². The van der Waals surface area contributed by atoms with Crippen molar-refractivity contribution < 1.29 is 0 Å². The molecule has 0 heteroatoms. The predicted octanol–water partition coefficient (Wildman–Crippen LogP) is 6.20. The molecule has 0 aromatic carbocycles. The Bertz CT molecular complexity index is 76.0. The van der Waals surface area contributed by atoms with Crippen molar-refractivity contribution in [2.45, 2.75) is 92.4 Å². The Morgan fingerprint density at radius 1 is 0.667 bits per heavy atom. The summed E-state index contributed by atoms with van der Waals surface area (Å²) in [4.78, 5) is 0. The highest BCUT2D eigenvalue weighted by atomic mass is 14.1. The zero-order valence-corrected chi connectivity index (χ0v) is 11.9. The number of hydrogen-bond acceptors (Lipinski definition) is 0. The molecule has 0 aliphatic carbocycles. The van der Waals surface area contributed by atoms with Crippen LogP contribution in [0.2, 0.25) is 0 Å². The van der Waals surface area contributed by atoms with Gasteiger partial charge in [-0.15, -0.1) is 0 Å². The summed E-state index contributed by atoms with van der Waals surface area (Å²) in [5.41, 5.74) is 0. The largest absolute Gasteiger partial charge is 0.0683 e. The van der Waals surface area contributed by atoms with Crippen LogP contribution in [0.15, 0.2) is 0 Å². The minimum absolute atomic E-state index is 1.03. The second-order valence-electron chi connectivity index (χ2n) is 4.27. The molecular formula is C15H34. The molecule has 0 rings (SSSR count). The second-order valence-corrected chi connectivity index (χ2v) is 4.27. The Morgan fingerprint density at radius 3 is 1.33 bits per heavy atom. The third-order valence-corrected chi connectivity index (χ3v) is 3.01. The minimum atomic E-state index is 1.03. The maximum Gasteiger partial charge on any atom is -0.0417 e. The van der Waals surface area contributed by atoms with Crippen LogP contribution in [0.3, 0.4) is 0 Å². The third-order valence-electron chi connectivity index (χ3n) is 3.01. The van der Waals surface area contributed by atoms with Crippen LogP contribution in [-0.2, 0) is 0 Å². The molecule has 15 heavy (non-hydrogen) atoms. The van der Waals surface area contributed by atoms with Gasteiger partial charge in [-0.3, -0.25) is 0 Å². The SMILES string of the molecule is CC.CCCCCC(CC)CCCCC. The molecule has 0 saturated heterocycles. The van der Waals surface area contributed by atoms with Gasteiger partial charge in [0.1, 0.15) is 0 Å². The summed E-state index contributed by atoms with van der Waals surface area (Å²) in [6, 6.07) is 0. The zero-order valence-electron chi connectivity index (χ0n) is 11.9. The van der Waals surface area contributed by atoms with E-state index in [1.807, 2.05) is 13.8 Å². The van der Waals surface area contributed by atoms with Crippen molar-refractivity contribution in [2.24, 2.45) is 5.92 Å². The van der Waals surface area contributed by atoms with Gasteiger partial charge in [-0.25, -0.2) is 0 Å². The summed E-state index contributed by atoms with van der Waals surface area (Å²) in [6.45, 7) is 10.9. The van der Waals surface area contributed by atoms with E-state index in [1.165, 1.54) is 57.8 Å². The Morgan fingerprint density at radius 2 is 1.07 bits per heavy atom. The monoisotopic (exact) mass is 214 g/mol. The molecule has 0 aliphatic rings. The Hall–Kier alpha value is 0. The second kappa shape index (κ2) is 16.4. The van der Waals surface area contributed by atoms with Gasteiger partial charge in [-0.2, -0.15) is 0 Å². The molecule has 94 valence electrons. The van der Waals surface area contributed by atoms with E-state index in [0.29, 0.717) is 0 Å². The summed E-state index contributed by atoms with van der Waals surface area (Å²) in [7, 11) is 0. The van der Waals surface area contributed by atoms with E-state index >= 15 is 0 Å². The van der Waals surface area contributed by atoms with Gasteiger partial charge in [0.2, 0.25) is 0 Å². The highest BCUT2D eigenvalue weighted by Crippen LogP contribution is 2.20. The van der Waals surface area contributed by atoms with E-state index in [0.717, 1.165) is 5.92 Å². The van der Waals surface area contributed by atoms with E-state index in [9.17, 15) is 0 Å². The number of rotatable bonds is 9. The first kappa shape index (κ1) is 17.4. The lowest BCUT2D eigenvalue weighted by molar-refractivity contribution is 0.399. The van der Waals surface area contributed by atoms with Gasteiger partial charge in [-0.05, 0) is 5.92 Å². The Kier molecular flexibility index (Phi) is 19.1. The van der Waals surface area contributed by atoms with E-state index in [1.54, 1.807) is 0 Å². The molecule has 0 unspecified atom stereocenters. The molecule has 0 nitrogen and oxygen atoms in total. The van der Waals surface area contributed by atoms with Crippen molar-refractivity contribution in [3.8, 4) is 0 Å². The van der Waals surface area contributed by atoms with Crippen LogP contribution < -0.4 is 0 Å². The molecule has 0 radical (unpaired) electrons. The average Bonchev–Trinajstić information content (AvgIpc) is 2.30. The molecule has 0 aromatic rings. The summed E-state index contributed by atoms with van der Waals surface area (Å²) in [5.74, 6) is 1.03. The molecule has 0 saturated carbocycles. The Balaban J connectivity index is 0. The van der Waals surface area contributed by atoms with Crippen LogP contribution in [0.4, 0.5) is 0 Å². The fourth-order valence-corrected chi connectivity index (χ4v) is 1.92. The molecule has 0 aliphatic heterocycles. The first-order chi connectivity index (χ1) is 7.35. The van der Waals surface area contributed by atoms with Gasteiger partial charge in [0, 0.05) is 0 Å². The quantitative estimate of drug-likeness (QED) is 0.401. The standard InChI is InChI=1S/C13H28.C2H6/c1-4-7-9-11-13(6-3)12-10-8-5-2;1-2/h13H,4-12H2,1-3H3;1-2H3. The molecule has 0 N–H and O–H groups in total. The van der Waals surface area contributed by atoms with Crippen LogP contribution in [0, 0.1) is 5.92 Å². The first-order valence-corrected chi connectivity index (χ1v) is 7.35. The van der Waals surface area contributed by atoms with Crippen molar-refractivity contribution in [2.75, 3.05) is 0 Å². The predicted molar refractivity (Wildman–Crippen MR) is 73.4 cm³/mol. The molecule has 0 aromatic heterocycles. The van der Waals surface area contributed by atoms with Gasteiger partial charge in [0.05, 0.1) is 0 Å². The lowest BCUT2D eigenvalue weighted by Gasteiger charge is -2.13. The molecule has 0 atom stereocenters.